The van der Waals surface area contributed by atoms with Crippen LogP contribution in [0.2, 0.25) is 0 Å². The number of hydrogen-bond acceptors (Lipinski definition) is 8. The monoisotopic (exact) mass is 600 g/mol. The number of carbonyl (C=O) groups excluding carboxylic acids is 1. The third-order valence-electron chi connectivity index (χ3n) is 6.32. The molecule has 4 aromatic rings. The number of hydrogen-bond donors (Lipinski definition) is 3. The molecule has 0 aliphatic rings. The molecule has 216 valence electrons. The highest BCUT2D eigenvalue weighted by Crippen LogP contribution is 2.27. The molecule has 41 heavy (non-hydrogen) atoms. The summed E-state index contributed by atoms with van der Waals surface area (Å²) < 4.78 is 42.6. The van der Waals surface area contributed by atoms with Gasteiger partial charge in [0.05, 0.1) is 5.75 Å². The van der Waals surface area contributed by atoms with Crippen molar-refractivity contribution in [2.75, 3.05) is 18.6 Å². The molecule has 2 atom stereocenters. The number of H-pyrrole nitrogens is 1. The molecule has 10 nitrogen and oxygen atoms in total. The number of aryl methyl sites for hydroxylation is 2. The number of benzene rings is 2. The predicted molar refractivity (Wildman–Crippen MR) is 152 cm³/mol. The molecule has 0 saturated carbocycles. The van der Waals surface area contributed by atoms with Crippen LogP contribution in [0, 0.1) is 5.82 Å². The van der Waals surface area contributed by atoms with Gasteiger partial charge in [-0.3, -0.25) is 4.79 Å². The highest BCUT2D eigenvalue weighted by molar-refractivity contribution is 7.90. The van der Waals surface area contributed by atoms with Crippen molar-refractivity contribution >= 4 is 33.1 Å². The van der Waals surface area contributed by atoms with E-state index in [-0.39, 0.29) is 30.3 Å². The van der Waals surface area contributed by atoms with Gasteiger partial charge >= 0.3 is 5.97 Å². The molecule has 2 aromatic carbocycles. The maximum atomic E-state index is 13.4. The molecule has 1 unspecified atom stereocenters. The van der Waals surface area contributed by atoms with Crippen LogP contribution >= 0.6 is 11.3 Å². The minimum Gasteiger partial charge on any atom is -0.492 e. The van der Waals surface area contributed by atoms with Crippen LogP contribution < -0.4 is 10.1 Å². The number of halogens is 1. The van der Waals surface area contributed by atoms with Crippen molar-refractivity contribution in [1.29, 1.82) is 0 Å². The summed E-state index contributed by atoms with van der Waals surface area (Å²) in [6, 6.07) is 9.61. The molecule has 0 aliphatic heterocycles. The van der Waals surface area contributed by atoms with Crippen LogP contribution in [0.5, 0.6) is 5.75 Å². The highest BCUT2D eigenvalue weighted by atomic mass is 32.2. The summed E-state index contributed by atoms with van der Waals surface area (Å²) in [6.45, 7) is 0.170. The van der Waals surface area contributed by atoms with E-state index < -0.39 is 33.5 Å². The normalized spacial score (nSPS) is 12.9. The first kappa shape index (κ1) is 29.9. The lowest BCUT2D eigenvalue weighted by Crippen LogP contribution is -2.42. The van der Waals surface area contributed by atoms with Crippen LogP contribution in [0.25, 0.3) is 0 Å². The molecule has 1 amide bonds. The molecule has 0 bridgehead atoms. The third-order valence-corrected chi connectivity index (χ3v) is 8.19. The number of aromatic amines is 1. The molecule has 0 radical (unpaired) electrons. The Morgan fingerprint density at radius 2 is 1.90 bits per heavy atom. The standard InChI is InChI=1S/C28H29FN4O6S2/c1-41(37,38)15-10-24(28(35)36)33-26(34)22-16-21(9-6-19(22)5-2-18-3-7-20(29)8-4-18)39-17-23(25-30-11-12-31-25)27-32-13-14-40-27/h3-4,6-9,11-14,16,23-24H,2,5,10,15,17H2,1H3,(H,30,31)(H,33,34)(H,35,36)/t23?,24-/m0/s1. The maximum Gasteiger partial charge on any atom is 0.326 e. The van der Waals surface area contributed by atoms with E-state index in [1.807, 2.05) is 5.38 Å². The van der Waals surface area contributed by atoms with E-state index in [0.717, 1.165) is 16.8 Å². The second-order valence-corrected chi connectivity index (χ2v) is 12.6. The van der Waals surface area contributed by atoms with Crippen molar-refractivity contribution in [2.45, 2.75) is 31.2 Å². The van der Waals surface area contributed by atoms with Gasteiger partial charge in [0.15, 0.2) is 0 Å². The molecule has 4 rings (SSSR count). The number of aliphatic carboxylic acids is 1. The number of carboxylic acid groups (broad SMARTS) is 1. The van der Waals surface area contributed by atoms with Crippen LogP contribution in [0.15, 0.2) is 66.4 Å². The first-order chi connectivity index (χ1) is 19.6. The Morgan fingerprint density at radius 3 is 2.54 bits per heavy atom. The molecular formula is C28H29FN4O6S2. The van der Waals surface area contributed by atoms with E-state index in [0.29, 0.717) is 30.0 Å². The van der Waals surface area contributed by atoms with Crippen LogP contribution in [0.4, 0.5) is 4.39 Å². The van der Waals surface area contributed by atoms with Crippen LogP contribution in [-0.4, -0.2) is 65.0 Å². The lowest BCUT2D eigenvalue weighted by atomic mass is 9.98. The quantitative estimate of drug-likeness (QED) is 0.199. The third kappa shape index (κ3) is 8.69. The highest BCUT2D eigenvalue weighted by Gasteiger charge is 2.25. The second kappa shape index (κ2) is 13.5. The summed E-state index contributed by atoms with van der Waals surface area (Å²) in [7, 11) is -3.44. The fraction of sp³-hybridized carbons (Fsp3) is 0.286. The fourth-order valence-corrected chi connectivity index (χ4v) is 5.54. The molecule has 2 heterocycles. The molecular weight excluding hydrogens is 571 g/mol. The molecule has 13 heteroatoms. The molecule has 0 aliphatic carbocycles. The number of carbonyl (C=O) groups is 2. The average Bonchev–Trinajstić information content (AvgIpc) is 3.66. The largest absolute Gasteiger partial charge is 0.492 e. The van der Waals surface area contributed by atoms with E-state index in [4.69, 9.17) is 4.74 Å². The van der Waals surface area contributed by atoms with Crippen molar-refractivity contribution in [2.24, 2.45) is 0 Å². The van der Waals surface area contributed by atoms with Crippen LogP contribution in [0.1, 0.15) is 44.7 Å². The number of rotatable bonds is 14. The maximum absolute atomic E-state index is 13.4. The number of nitrogens with zero attached hydrogens (tertiary/aromatic N) is 2. The number of carboxylic acids is 1. The zero-order chi connectivity index (χ0) is 29.4. The molecule has 0 spiro atoms. The number of thiazole rings is 1. The predicted octanol–water partition coefficient (Wildman–Crippen LogP) is 3.62. The van der Waals surface area contributed by atoms with Gasteiger partial charge in [-0.15, -0.1) is 11.3 Å². The van der Waals surface area contributed by atoms with Gasteiger partial charge in [-0.05, 0) is 54.7 Å². The Balaban J connectivity index is 1.57. The number of ether oxygens (including phenoxy) is 1. The second-order valence-electron chi connectivity index (χ2n) is 9.44. The zero-order valence-electron chi connectivity index (χ0n) is 22.1. The van der Waals surface area contributed by atoms with Crippen molar-refractivity contribution in [3.05, 3.63) is 99.8 Å². The fourth-order valence-electron chi connectivity index (χ4n) is 4.15. The number of nitrogens with one attached hydrogen (secondary N) is 2. The summed E-state index contributed by atoms with van der Waals surface area (Å²) in [4.78, 5) is 37.0. The topological polar surface area (TPSA) is 151 Å². The van der Waals surface area contributed by atoms with Crippen molar-refractivity contribution in [3.8, 4) is 5.75 Å². The minimum atomic E-state index is -3.44. The molecule has 2 aromatic heterocycles. The number of amides is 1. The summed E-state index contributed by atoms with van der Waals surface area (Å²) in [6.07, 6.45) is 6.67. The Labute approximate surface area is 240 Å². The Kier molecular flexibility index (Phi) is 9.84. The molecule has 0 saturated heterocycles. The molecule has 0 fully saturated rings. The van der Waals surface area contributed by atoms with Gasteiger partial charge in [0.2, 0.25) is 0 Å². The van der Waals surface area contributed by atoms with E-state index in [9.17, 15) is 27.5 Å². The number of imidazole rings is 1. The van der Waals surface area contributed by atoms with Gasteiger partial charge in [0.1, 0.15) is 50.8 Å². The summed E-state index contributed by atoms with van der Waals surface area (Å²) in [5.41, 5.74) is 1.67. The van der Waals surface area contributed by atoms with Crippen molar-refractivity contribution < 1.29 is 32.2 Å². The lowest BCUT2D eigenvalue weighted by molar-refractivity contribution is -0.139. The van der Waals surface area contributed by atoms with Crippen molar-refractivity contribution in [1.82, 2.24) is 20.3 Å². The summed E-state index contributed by atoms with van der Waals surface area (Å²) in [5, 5.41) is 14.7. The SMILES string of the molecule is CS(=O)(=O)CC[C@H](NC(=O)c1cc(OCC(c2ncc[nH]2)c2nccs2)ccc1CCc1ccc(F)cc1)C(=O)O. The van der Waals surface area contributed by atoms with Gasteiger partial charge < -0.3 is 20.1 Å². The number of aromatic nitrogens is 3. The van der Waals surface area contributed by atoms with Gasteiger partial charge in [-0.2, -0.15) is 0 Å². The molecule has 3 N–H and O–H groups in total. The first-order valence-electron chi connectivity index (χ1n) is 12.7. The van der Waals surface area contributed by atoms with E-state index in [1.54, 1.807) is 42.9 Å². The van der Waals surface area contributed by atoms with E-state index in [1.165, 1.54) is 29.5 Å². The van der Waals surface area contributed by atoms with Crippen LogP contribution in [-0.2, 0) is 27.5 Å². The van der Waals surface area contributed by atoms with Gasteiger partial charge in [-0.1, -0.05) is 18.2 Å². The lowest BCUT2D eigenvalue weighted by Gasteiger charge is -2.18. The first-order valence-corrected chi connectivity index (χ1v) is 15.6. The number of sulfone groups is 1. The smallest absolute Gasteiger partial charge is 0.326 e. The average molecular weight is 601 g/mol. The van der Waals surface area contributed by atoms with Gasteiger partial charge in [0.25, 0.3) is 5.91 Å². The summed E-state index contributed by atoms with van der Waals surface area (Å²) in [5.74, 6) is -2.00. The van der Waals surface area contributed by atoms with Crippen molar-refractivity contribution in [3.63, 3.8) is 0 Å². The Bertz CT molecular complexity index is 1530. The van der Waals surface area contributed by atoms with Crippen LogP contribution in [0.3, 0.4) is 0 Å². The summed E-state index contributed by atoms with van der Waals surface area (Å²) >= 11 is 1.46. The minimum absolute atomic E-state index is 0.170. The van der Waals surface area contributed by atoms with Gasteiger partial charge in [0, 0.05) is 35.8 Å². The van der Waals surface area contributed by atoms with E-state index >= 15 is 0 Å². The Hall–Kier alpha value is -4.10. The van der Waals surface area contributed by atoms with Gasteiger partial charge in [-0.25, -0.2) is 27.6 Å². The Morgan fingerprint density at radius 1 is 1.12 bits per heavy atom. The zero-order valence-corrected chi connectivity index (χ0v) is 23.8. The van der Waals surface area contributed by atoms with E-state index in [2.05, 4.69) is 20.3 Å².